The zero-order valence-electron chi connectivity index (χ0n) is 15.3. The third-order valence-electron chi connectivity index (χ3n) is 3.72. The molecular formula is C20H22N2O4S. The Balaban J connectivity index is 1.79. The minimum absolute atomic E-state index is 0.0949. The van der Waals surface area contributed by atoms with Gasteiger partial charge in [-0.25, -0.2) is 4.79 Å². The summed E-state index contributed by atoms with van der Waals surface area (Å²) in [6, 6.07) is 14.3. The number of para-hydroxylation sites is 1. The van der Waals surface area contributed by atoms with Crippen LogP contribution < -0.4 is 10.6 Å². The highest BCUT2D eigenvalue weighted by Gasteiger charge is 2.13. The van der Waals surface area contributed by atoms with Gasteiger partial charge in [0.05, 0.1) is 29.9 Å². The van der Waals surface area contributed by atoms with Crippen LogP contribution in [0.4, 0.5) is 11.4 Å². The second-order valence-electron chi connectivity index (χ2n) is 5.68. The van der Waals surface area contributed by atoms with E-state index in [1.807, 2.05) is 24.3 Å². The first-order valence-corrected chi connectivity index (χ1v) is 9.62. The molecule has 2 N–H and O–H groups in total. The molecular weight excluding hydrogens is 364 g/mol. The maximum absolute atomic E-state index is 12.1. The lowest BCUT2D eigenvalue weighted by molar-refractivity contribution is -0.114. The predicted octanol–water partition coefficient (Wildman–Crippen LogP) is 3.35. The molecule has 0 aliphatic rings. The van der Waals surface area contributed by atoms with Crippen LogP contribution in [0.1, 0.15) is 22.8 Å². The molecule has 0 unspecified atom stereocenters. The second kappa shape index (κ2) is 10.4. The van der Waals surface area contributed by atoms with Crippen molar-refractivity contribution in [1.82, 2.24) is 0 Å². The molecule has 7 heteroatoms. The Bertz CT molecular complexity index is 806. The van der Waals surface area contributed by atoms with Crippen LogP contribution in [0.3, 0.4) is 0 Å². The average molecular weight is 386 g/mol. The van der Waals surface area contributed by atoms with Crippen LogP contribution in [0.2, 0.25) is 0 Å². The van der Waals surface area contributed by atoms with Gasteiger partial charge in [-0.15, -0.1) is 11.8 Å². The number of anilines is 2. The van der Waals surface area contributed by atoms with Crippen LogP contribution in [0, 0.1) is 0 Å². The standard InChI is InChI=1S/C20H22N2O4S/c1-3-14-8-10-15(11-9-14)21-18(23)12-27-13-19(24)22-17-7-5-4-6-16(17)20(25)26-2/h4-11H,3,12-13H2,1-2H3,(H,21,23)(H,22,24). The fourth-order valence-corrected chi connectivity index (χ4v) is 2.94. The molecule has 0 fully saturated rings. The molecule has 0 radical (unpaired) electrons. The Hall–Kier alpha value is -2.80. The van der Waals surface area contributed by atoms with E-state index in [0.717, 1.165) is 12.1 Å². The molecule has 0 atom stereocenters. The van der Waals surface area contributed by atoms with Crippen molar-refractivity contribution in [3.05, 3.63) is 59.7 Å². The summed E-state index contributed by atoms with van der Waals surface area (Å²) in [7, 11) is 1.28. The lowest BCUT2D eigenvalue weighted by atomic mass is 10.1. The van der Waals surface area contributed by atoms with E-state index in [0.29, 0.717) is 5.69 Å². The highest BCUT2D eigenvalue weighted by Crippen LogP contribution is 2.17. The van der Waals surface area contributed by atoms with Gasteiger partial charge in [0.25, 0.3) is 0 Å². The van der Waals surface area contributed by atoms with Crippen molar-refractivity contribution >= 4 is 40.9 Å². The number of carbonyl (C=O) groups is 3. The van der Waals surface area contributed by atoms with Crippen LogP contribution in [0.15, 0.2) is 48.5 Å². The Morgan fingerprint density at radius 1 is 0.926 bits per heavy atom. The van der Waals surface area contributed by atoms with Gasteiger partial charge in [-0.3, -0.25) is 9.59 Å². The van der Waals surface area contributed by atoms with Crippen molar-refractivity contribution in [1.29, 1.82) is 0 Å². The fraction of sp³-hybridized carbons (Fsp3) is 0.250. The minimum atomic E-state index is -0.521. The number of benzene rings is 2. The van der Waals surface area contributed by atoms with E-state index >= 15 is 0 Å². The van der Waals surface area contributed by atoms with Crippen molar-refractivity contribution in [3.63, 3.8) is 0 Å². The van der Waals surface area contributed by atoms with Crippen LogP contribution >= 0.6 is 11.8 Å². The normalized spacial score (nSPS) is 10.1. The van der Waals surface area contributed by atoms with E-state index in [1.54, 1.807) is 24.3 Å². The zero-order chi connectivity index (χ0) is 19.6. The summed E-state index contributed by atoms with van der Waals surface area (Å²) in [4.78, 5) is 35.7. The van der Waals surface area contributed by atoms with Gasteiger partial charge in [-0.1, -0.05) is 31.2 Å². The lowest BCUT2D eigenvalue weighted by Gasteiger charge is -2.09. The average Bonchev–Trinajstić information content (AvgIpc) is 2.68. The number of carbonyl (C=O) groups excluding carboxylic acids is 3. The van der Waals surface area contributed by atoms with Crippen molar-refractivity contribution in [3.8, 4) is 0 Å². The summed E-state index contributed by atoms with van der Waals surface area (Å²) in [5.74, 6) is -0.741. The number of hydrogen-bond acceptors (Lipinski definition) is 5. The highest BCUT2D eigenvalue weighted by atomic mass is 32.2. The molecule has 2 aromatic carbocycles. The monoisotopic (exact) mass is 386 g/mol. The Morgan fingerprint density at radius 2 is 1.56 bits per heavy atom. The maximum atomic E-state index is 12.1. The number of aryl methyl sites for hydroxylation is 1. The molecule has 0 aromatic heterocycles. The van der Waals surface area contributed by atoms with E-state index in [-0.39, 0.29) is 28.9 Å². The number of thioether (sulfide) groups is 1. The third-order valence-corrected chi connectivity index (χ3v) is 4.65. The first-order valence-electron chi connectivity index (χ1n) is 8.47. The Morgan fingerprint density at radius 3 is 2.19 bits per heavy atom. The minimum Gasteiger partial charge on any atom is -0.465 e. The van der Waals surface area contributed by atoms with Crippen molar-refractivity contribution in [2.24, 2.45) is 0 Å². The number of esters is 1. The number of amides is 2. The molecule has 0 aliphatic carbocycles. The van der Waals surface area contributed by atoms with Crippen molar-refractivity contribution < 1.29 is 19.1 Å². The predicted molar refractivity (Wildman–Crippen MR) is 108 cm³/mol. The molecule has 0 saturated carbocycles. The summed E-state index contributed by atoms with van der Waals surface area (Å²) in [5, 5.41) is 5.47. The summed E-state index contributed by atoms with van der Waals surface area (Å²) < 4.78 is 4.69. The van der Waals surface area contributed by atoms with Crippen LogP contribution in [0.25, 0.3) is 0 Å². The van der Waals surface area contributed by atoms with Crippen LogP contribution in [-0.2, 0) is 20.7 Å². The van der Waals surface area contributed by atoms with Crippen molar-refractivity contribution in [2.75, 3.05) is 29.2 Å². The Kier molecular flexibility index (Phi) is 7.88. The topological polar surface area (TPSA) is 84.5 Å². The molecule has 6 nitrogen and oxygen atoms in total. The SMILES string of the molecule is CCc1ccc(NC(=O)CSCC(=O)Nc2ccccc2C(=O)OC)cc1. The number of nitrogens with one attached hydrogen (secondary N) is 2. The van der Waals surface area contributed by atoms with Gasteiger partial charge in [0.15, 0.2) is 0 Å². The Labute approximate surface area is 162 Å². The largest absolute Gasteiger partial charge is 0.465 e. The van der Waals surface area contributed by atoms with Gasteiger partial charge < -0.3 is 15.4 Å². The van der Waals surface area contributed by atoms with Gasteiger partial charge in [-0.05, 0) is 36.2 Å². The van der Waals surface area contributed by atoms with E-state index in [4.69, 9.17) is 4.74 Å². The lowest BCUT2D eigenvalue weighted by Crippen LogP contribution is -2.19. The molecule has 0 bridgehead atoms. The van der Waals surface area contributed by atoms with E-state index in [1.165, 1.54) is 24.4 Å². The second-order valence-corrected chi connectivity index (χ2v) is 6.66. The van der Waals surface area contributed by atoms with Gasteiger partial charge in [0, 0.05) is 5.69 Å². The van der Waals surface area contributed by atoms with Crippen LogP contribution in [0.5, 0.6) is 0 Å². The van der Waals surface area contributed by atoms with Gasteiger partial charge in [0.1, 0.15) is 0 Å². The number of hydrogen-bond donors (Lipinski definition) is 2. The summed E-state index contributed by atoms with van der Waals surface area (Å²) in [6.45, 7) is 2.07. The molecule has 0 saturated heterocycles. The summed E-state index contributed by atoms with van der Waals surface area (Å²) >= 11 is 1.20. The van der Waals surface area contributed by atoms with Crippen molar-refractivity contribution in [2.45, 2.75) is 13.3 Å². The van der Waals surface area contributed by atoms with E-state index < -0.39 is 5.97 Å². The molecule has 2 rings (SSSR count). The molecule has 27 heavy (non-hydrogen) atoms. The van der Waals surface area contributed by atoms with Crippen LogP contribution in [-0.4, -0.2) is 36.4 Å². The molecule has 0 heterocycles. The van der Waals surface area contributed by atoms with E-state index in [9.17, 15) is 14.4 Å². The number of rotatable bonds is 8. The third kappa shape index (κ3) is 6.45. The smallest absolute Gasteiger partial charge is 0.339 e. The van der Waals surface area contributed by atoms with Gasteiger partial charge >= 0.3 is 5.97 Å². The quantitative estimate of drug-likeness (QED) is 0.680. The molecule has 142 valence electrons. The molecule has 2 aromatic rings. The fourth-order valence-electron chi connectivity index (χ4n) is 2.32. The molecule has 2 amide bonds. The first kappa shape index (κ1) is 20.5. The summed E-state index contributed by atoms with van der Waals surface area (Å²) in [5.41, 5.74) is 2.60. The highest BCUT2D eigenvalue weighted by molar-refractivity contribution is 8.00. The zero-order valence-corrected chi connectivity index (χ0v) is 16.1. The maximum Gasteiger partial charge on any atom is 0.339 e. The number of ether oxygens (including phenoxy) is 1. The van der Waals surface area contributed by atoms with E-state index in [2.05, 4.69) is 17.6 Å². The van der Waals surface area contributed by atoms with Gasteiger partial charge in [-0.2, -0.15) is 0 Å². The molecule has 0 aliphatic heterocycles. The van der Waals surface area contributed by atoms with Gasteiger partial charge in [0.2, 0.25) is 11.8 Å². The first-order chi connectivity index (χ1) is 13.0. The molecule has 0 spiro atoms. The number of methoxy groups -OCH3 is 1. The summed E-state index contributed by atoms with van der Waals surface area (Å²) in [6.07, 6.45) is 0.943.